The van der Waals surface area contributed by atoms with Crippen molar-refractivity contribution in [3.8, 4) is 0 Å². The summed E-state index contributed by atoms with van der Waals surface area (Å²) in [5, 5.41) is 2.80. The van der Waals surface area contributed by atoms with Gasteiger partial charge in [-0.2, -0.15) is 0 Å². The summed E-state index contributed by atoms with van der Waals surface area (Å²) in [6, 6.07) is 7.36. The van der Waals surface area contributed by atoms with Gasteiger partial charge in [-0.05, 0) is 46.8 Å². The molecule has 1 fully saturated rings. The van der Waals surface area contributed by atoms with Gasteiger partial charge in [0.1, 0.15) is 0 Å². The highest BCUT2D eigenvalue weighted by atomic mass is 79.9. The van der Waals surface area contributed by atoms with E-state index in [0.717, 1.165) is 10.9 Å². The topological polar surface area (TPSA) is 63.2 Å². The smallest absolute Gasteiger partial charge is 0.224 e. The van der Waals surface area contributed by atoms with Crippen molar-refractivity contribution in [2.24, 2.45) is 5.92 Å². The van der Waals surface area contributed by atoms with E-state index in [1.54, 1.807) is 6.07 Å². The van der Waals surface area contributed by atoms with Crippen molar-refractivity contribution in [3.05, 3.63) is 28.7 Å². The minimum Gasteiger partial charge on any atom is -0.325 e. The van der Waals surface area contributed by atoms with Crippen molar-refractivity contribution < 1.29 is 13.2 Å². The molecule has 0 aliphatic carbocycles. The molecule has 1 heterocycles. The van der Waals surface area contributed by atoms with Gasteiger partial charge in [-0.1, -0.05) is 12.1 Å². The molecule has 0 radical (unpaired) electrons. The molecule has 19 heavy (non-hydrogen) atoms. The standard InChI is InChI=1S/C13H16BrNO3S/c14-11-5-1-2-6-12(11)15-13(16)8-10-4-3-7-19(17,18)9-10/h1-2,5-6,10H,3-4,7-9H2,(H,15,16). The first-order valence-corrected chi connectivity index (χ1v) is 8.82. The van der Waals surface area contributed by atoms with E-state index in [4.69, 9.17) is 0 Å². The molecule has 1 N–H and O–H groups in total. The van der Waals surface area contributed by atoms with E-state index in [1.807, 2.05) is 18.2 Å². The largest absolute Gasteiger partial charge is 0.325 e. The molecular formula is C13H16BrNO3S. The SMILES string of the molecule is O=C(CC1CCCS(=O)(=O)C1)Nc1ccccc1Br. The summed E-state index contributed by atoms with van der Waals surface area (Å²) >= 11 is 3.36. The molecule has 1 atom stereocenters. The fourth-order valence-corrected chi connectivity index (χ4v) is 4.46. The maximum absolute atomic E-state index is 11.9. The lowest BCUT2D eigenvalue weighted by Gasteiger charge is -2.21. The number of benzene rings is 1. The van der Waals surface area contributed by atoms with Crippen LogP contribution in [0.15, 0.2) is 28.7 Å². The number of hydrogen-bond donors (Lipinski definition) is 1. The number of hydrogen-bond acceptors (Lipinski definition) is 3. The number of anilines is 1. The van der Waals surface area contributed by atoms with Crippen LogP contribution in [0.2, 0.25) is 0 Å². The van der Waals surface area contributed by atoms with Gasteiger partial charge in [-0.25, -0.2) is 8.42 Å². The molecule has 1 amide bonds. The first-order chi connectivity index (χ1) is 8.96. The Balaban J connectivity index is 1.93. The van der Waals surface area contributed by atoms with Gasteiger partial charge < -0.3 is 5.32 Å². The molecule has 1 unspecified atom stereocenters. The van der Waals surface area contributed by atoms with Crippen LogP contribution in [0.4, 0.5) is 5.69 Å². The average Bonchev–Trinajstić information content (AvgIpc) is 2.30. The maximum atomic E-state index is 11.9. The summed E-state index contributed by atoms with van der Waals surface area (Å²) in [7, 11) is -2.95. The average molecular weight is 346 g/mol. The molecule has 1 aromatic rings. The molecule has 4 nitrogen and oxygen atoms in total. The minimum atomic E-state index is -2.95. The van der Waals surface area contributed by atoms with E-state index in [2.05, 4.69) is 21.2 Å². The van der Waals surface area contributed by atoms with E-state index in [-0.39, 0.29) is 29.8 Å². The van der Waals surface area contributed by atoms with Gasteiger partial charge in [0, 0.05) is 10.9 Å². The number of carbonyl (C=O) groups excluding carboxylic acids is 1. The number of carbonyl (C=O) groups is 1. The third-order valence-electron chi connectivity index (χ3n) is 3.18. The number of sulfone groups is 1. The number of rotatable bonds is 3. The number of halogens is 1. The highest BCUT2D eigenvalue weighted by Gasteiger charge is 2.26. The van der Waals surface area contributed by atoms with Crippen LogP contribution in [0.25, 0.3) is 0 Å². The van der Waals surface area contributed by atoms with Crippen molar-refractivity contribution in [2.75, 3.05) is 16.8 Å². The van der Waals surface area contributed by atoms with Crippen molar-refractivity contribution in [3.63, 3.8) is 0 Å². The fourth-order valence-electron chi connectivity index (χ4n) is 2.30. The lowest BCUT2D eigenvalue weighted by atomic mass is 10.0. The Kier molecular flexibility index (Phi) is 4.62. The Labute approximate surface area is 121 Å². The lowest BCUT2D eigenvalue weighted by molar-refractivity contribution is -0.117. The monoisotopic (exact) mass is 345 g/mol. The first kappa shape index (κ1) is 14.5. The second-order valence-electron chi connectivity index (χ2n) is 4.85. The van der Waals surface area contributed by atoms with Crippen LogP contribution in [0, 0.1) is 5.92 Å². The van der Waals surface area contributed by atoms with Crippen LogP contribution in [0.5, 0.6) is 0 Å². The molecule has 0 aromatic heterocycles. The Bertz CT molecular complexity index is 571. The van der Waals surface area contributed by atoms with E-state index in [0.29, 0.717) is 12.1 Å². The second kappa shape index (κ2) is 6.05. The summed E-state index contributed by atoms with van der Waals surface area (Å²) in [5.74, 6) is 0.210. The van der Waals surface area contributed by atoms with Gasteiger partial charge in [0.15, 0.2) is 9.84 Å². The van der Waals surface area contributed by atoms with Gasteiger partial charge in [-0.3, -0.25) is 4.79 Å². The van der Waals surface area contributed by atoms with E-state index in [1.165, 1.54) is 0 Å². The molecule has 1 saturated heterocycles. The predicted molar refractivity (Wildman–Crippen MR) is 78.8 cm³/mol. The first-order valence-electron chi connectivity index (χ1n) is 6.21. The maximum Gasteiger partial charge on any atom is 0.224 e. The summed E-state index contributed by atoms with van der Waals surface area (Å²) in [6.45, 7) is 0. The molecule has 104 valence electrons. The molecule has 1 aliphatic heterocycles. The van der Waals surface area contributed by atoms with Crippen LogP contribution < -0.4 is 5.32 Å². The molecule has 0 spiro atoms. The van der Waals surface area contributed by atoms with E-state index in [9.17, 15) is 13.2 Å². The summed E-state index contributed by atoms with van der Waals surface area (Å²) in [4.78, 5) is 11.9. The molecule has 1 aromatic carbocycles. The highest BCUT2D eigenvalue weighted by molar-refractivity contribution is 9.10. The van der Waals surface area contributed by atoms with Crippen LogP contribution in [0.3, 0.4) is 0 Å². The number of para-hydroxylation sites is 1. The number of amides is 1. The van der Waals surface area contributed by atoms with Crippen molar-refractivity contribution in [1.82, 2.24) is 0 Å². The zero-order valence-electron chi connectivity index (χ0n) is 10.4. The molecule has 0 saturated carbocycles. The molecule has 1 aliphatic rings. The van der Waals surface area contributed by atoms with Crippen LogP contribution in [0.1, 0.15) is 19.3 Å². The fraction of sp³-hybridized carbons (Fsp3) is 0.462. The Morgan fingerprint density at radius 3 is 2.79 bits per heavy atom. The van der Waals surface area contributed by atoms with Gasteiger partial charge in [-0.15, -0.1) is 0 Å². The van der Waals surface area contributed by atoms with Gasteiger partial charge in [0.25, 0.3) is 0 Å². The van der Waals surface area contributed by atoms with Crippen molar-refractivity contribution in [1.29, 1.82) is 0 Å². The molecule has 0 bridgehead atoms. The normalized spacial score (nSPS) is 21.8. The van der Waals surface area contributed by atoms with Gasteiger partial charge >= 0.3 is 0 Å². The Morgan fingerprint density at radius 2 is 2.11 bits per heavy atom. The second-order valence-corrected chi connectivity index (χ2v) is 7.94. The summed E-state index contributed by atoms with van der Waals surface area (Å²) in [6.07, 6.45) is 1.73. The summed E-state index contributed by atoms with van der Waals surface area (Å²) in [5.41, 5.74) is 0.714. The Hall–Kier alpha value is -0.880. The van der Waals surface area contributed by atoms with Crippen LogP contribution >= 0.6 is 15.9 Å². The minimum absolute atomic E-state index is 0.0544. The predicted octanol–water partition coefficient (Wildman–Crippen LogP) is 2.60. The van der Waals surface area contributed by atoms with E-state index >= 15 is 0 Å². The third kappa shape index (κ3) is 4.31. The Morgan fingerprint density at radius 1 is 1.37 bits per heavy atom. The lowest BCUT2D eigenvalue weighted by Crippen LogP contribution is -2.28. The van der Waals surface area contributed by atoms with Gasteiger partial charge in [0.05, 0.1) is 17.2 Å². The van der Waals surface area contributed by atoms with Crippen LogP contribution in [-0.4, -0.2) is 25.8 Å². The zero-order chi connectivity index (χ0) is 13.9. The molecule has 6 heteroatoms. The quantitative estimate of drug-likeness (QED) is 0.915. The van der Waals surface area contributed by atoms with Crippen molar-refractivity contribution in [2.45, 2.75) is 19.3 Å². The zero-order valence-corrected chi connectivity index (χ0v) is 12.8. The third-order valence-corrected chi connectivity index (χ3v) is 5.76. The summed E-state index contributed by atoms with van der Waals surface area (Å²) < 4.78 is 23.9. The van der Waals surface area contributed by atoms with Crippen molar-refractivity contribution >= 4 is 37.4 Å². The van der Waals surface area contributed by atoms with Gasteiger partial charge in [0.2, 0.25) is 5.91 Å². The van der Waals surface area contributed by atoms with Crippen LogP contribution in [-0.2, 0) is 14.6 Å². The molecule has 2 rings (SSSR count). The van der Waals surface area contributed by atoms with E-state index < -0.39 is 9.84 Å². The number of nitrogens with one attached hydrogen (secondary N) is 1. The molecular weight excluding hydrogens is 330 g/mol. The highest BCUT2D eigenvalue weighted by Crippen LogP contribution is 2.24.